The Morgan fingerprint density at radius 2 is 1.76 bits per heavy atom. The van der Waals surface area contributed by atoms with E-state index in [-0.39, 0.29) is 18.0 Å². The number of hydrogen-bond acceptors (Lipinski definition) is 3. The summed E-state index contributed by atoms with van der Waals surface area (Å²) in [5, 5.41) is 0. The molecule has 4 rings (SSSR count). The largest absolute Gasteiger partial charge is 0.338 e. The van der Waals surface area contributed by atoms with E-state index >= 15 is 0 Å². The predicted molar refractivity (Wildman–Crippen MR) is 115 cm³/mol. The van der Waals surface area contributed by atoms with Gasteiger partial charge >= 0.3 is 0 Å². The Labute approximate surface area is 173 Å². The van der Waals surface area contributed by atoms with Crippen molar-refractivity contribution < 1.29 is 13.2 Å². The van der Waals surface area contributed by atoms with Crippen molar-refractivity contribution in [1.29, 1.82) is 0 Å². The standard InChI is InChI=1S/C23H28N2O3S/c1-29(27,28)24-21-12-13-25(23(26)16-17-10-11-17)22(21)15-18-6-5-9-20(14-18)19-7-3-2-4-8-19/h2-9,14,17,21-22,24H,10-13,15-16H2,1H3/t21-,22-/m0/s1. The summed E-state index contributed by atoms with van der Waals surface area (Å²) in [6.07, 6.45) is 5.35. The van der Waals surface area contributed by atoms with Crippen LogP contribution in [0.4, 0.5) is 0 Å². The van der Waals surface area contributed by atoms with E-state index in [0.29, 0.717) is 31.7 Å². The summed E-state index contributed by atoms with van der Waals surface area (Å²) >= 11 is 0. The Hall–Kier alpha value is -2.18. The molecule has 0 spiro atoms. The molecule has 2 fully saturated rings. The quantitative estimate of drug-likeness (QED) is 0.759. The summed E-state index contributed by atoms with van der Waals surface area (Å²) in [7, 11) is -3.33. The monoisotopic (exact) mass is 412 g/mol. The van der Waals surface area contributed by atoms with Crippen molar-refractivity contribution in [3.63, 3.8) is 0 Å². The Balaban J connectivity index is 1.57. The molecule has 0 radical (unpaired) electrons. The van der Waals surface area contributed by atoms with E-state index in [1.807, 2.05) is 29.2 Å². The molecular weight excluding hydrogens is 384 g/mol. The Bertz CT molecular complexity index is 971. The number of carbonyl (C=O) groups excluding carboxylic acids is 1. The Kier molecular flexibility index (Phi) is 5.74. The fraction of sp³-hybridized carbons (Fsp3) is 0.435. The van der Waals surface area contributed by atoms with Gasteiger partial charge in [-0.2, -0.15) is 0 Å². The van der Waals surface area contributed by atoms with Gasteiger partial charge in [0.25, 0.3) is 0 Å². The van der Waals surface area contributed by atoms with Crippen molar-refractivity contribution in [2.45, 2.75) is 44.2 Å². The normalized spacial score (nSPS) is 22.0. The first-order chi connectivity index (χ1) is 13.9. The van der Waals surface area contributed by atoms with Gasteiger partial charge in [-0.3, -0.25) is 4.79 Å². The molecule has 0 bridgehead atoms. The molecule has 1 amide bonds. The third kappa shape index (κ3) is 5.25. The van der Waals surface area contributed by atoms with Crippen molar-refractivity contribution in [2.24, 2.45) is 5.92 Å². The van der Waals surface area contributed by atoms with Crippen LogP contribution in [0.1, 0.15) is 31.2 Å². The van der Waals surface area contributed by atoms with Crippen LogP contribution in [0.2, 0.25) is 0 Å². The predicted octanol–water partition coefficient (Wildman–Crippen LogP) is 3.21. The lowest BCUT2D eigenvalue weighted by Gasteiger charge is -2.29. The average molecular weight is 413 g/mol. The van der Waals surface area contributed by atoms with Crippen LogP contribution in [-0.4, -0.2) is 44.1 Å². The van der Waals surface area contributed by atoms with Crippen molar-refractivity contribution in [2.75, 3.05) is 12.8 Å². The van der Waals surface area contributed by atoms with E-state index in [1.54, 1.807) is 0 Å². The number of nitrogens with one attached hydrogen (secondary N) is 1. The number of rotatable bonds is 7. The molecule has 0 aromatic heterocycles. The molecule has 1 saturated heterocycles. The van der Waals surface area contributed by atoms with Crippen molar-refractivity contribution in [3.05, 3.63) is 60.2 Å². The summed E-state index contributed by atoms with van der Waals surface area (Å²) < 4.78 is 26.5. The first kappa shape index (κ1) is 20.1. The van der Waals surface area contributed by atoms with E-state index in [0.717, 1.165) is 29.5 Å². The second-order valence-electron chi connectivity index (χ2n) is 8.36. The third-order valence-electron chi connectivity index (χ3n) is 5.87. The number of nitrogens with zero attached hydrogens (tertiary/aromatic N) is 1. The number of carbonyl (C=O) groups is 1. The molecule has 1 N–H and O–H groups in total. The van der Waals surface area contributed by atoms with Crippen LogP contribution >= 0.6 is 0 Å². The summed E-state index contributed by atoms with van der Waals surface area (Å²) in [5.74, 6) is 0.681. The summed E-state index contributed by atoms with van der Waals surface area (Å²) in [6.45, 7) is 0.613. The lowest BCUT2D eigenvalue weighted by molar-refractivity contribution is -0.132. The van der Waals surface area contributed by atoms with Crippen molar-refractivity contribution >= 4 is 15.9 Å². The number of likely N-dealkylation sites (tertiary alicyclic amines) is 1. The third-order valence-corrected chi connectivity index (χ3v) is 6.60. The second kappa shape index (κ2) is 8.28. The van der Waals surface area contributed by atoms with Gasteiger partial charge in [0, 0.05) is 19.0 Å². The molecule has 2 atom stereocenters. The van der Waals surface area contributed by atoms with Gasteiger partial charge in [0.05, 0.1) is 12.3 Å². The number of amides is 1. The zero-order valence-electron chi connectivity index (χ0n) is 16.8. The fourth-order valence-corrected chi connectivity index (χ4v) is 5.09. The SMILES string of the molecule is CS(=O)(=O)N[C@H]1CCN(C(=O)CC2CC2)[C@H]1Cc1cccc(-c2ccccc2)c1. The van der Waals surface area contributed by atoms with Crippen LogP contribution < -0.4 is 4.72 Å². The van der Waals surface area contributed by atoms with Crippen LogP contribution in [0.25, 0.3) is 11.1 Å². The second-order valence-corrected chi connectivity index (χ2v) is 10.1. The van der Waals surface area contributed by atoms with Crippen molar-refractivity contribution in [3.8, 4) is 11.1 Å². The molecule has 1 aliphatic heterocycles. The van der Waals surface area contributed by atoms with E-state index in [1.165, 1.54) is 6.26 Å². The number of hydrogen-bond donors (Lipinski definition) is 1. The lowest BCUT2D eigenvalue weighted by Crippen LogP contribution is -2.47. The highest BCUT2D eigenvalue weighted by atomic mass is 32.2. The minimum Gasteiger partial charge on any atom is -0.338 e. The maximum absolute atomic E-state index is 12.8. The van der Waals surface area contributed by atoms with Crippen LogP contribution in [-0.2, 0) is 21.2 Å². The minimum atomic E-state index is -3.33. The Morgan fingerprint density at radius 3 is 2.45 bits per heavy atom. The number of benzene rings is 2. The van der Waals surface area contributed by atoms with Gasteiger partial charge in [0.15, 0.2) is 0 Å². The zero-order chi connectivity index (χ0) is 20.4. The minimum absolute atomic E-state index is 0.151. The maximum atomic E-state index is 12.8. The molecule has 5 nitrogen and oxygen atoms in total. The first-order valence-corrected chi connectivity index (χ1v) is 12.2. The lowest BCUT2D eigenvalue weighted by atomic mass is 9.97. The van der Waals surface area contributed by atoms with Crippen molar-refractivity contribution in [1.82, 2.24) is 9.62 Å². The molecule has 1 saturated carbocycles. The summed E-state index contributed by atoms with van der Waals surface area (Å²) in [6, 6.07) is 18.1. The summed E-state index contributed by atoms with van der Waals surface area (Å²) in [5.41, 5.74) is 3.39. The average Bonchev–Trinajstić information content (AvgIpc) is 3.42. The topological polar surface area (TPSA) is 66.5 Å². The fourth-order valence-electron chi connectivity index (χ4n) is 4.26. The molecular formula is C23H28N2O3S. The highest BCUT2D eigenvalue weighted by Crippen LogP contribution is 2.34. The molecule has 1 aliphatic carbocycles. The molecule has 1 heterocycles. The molecule has 0 unspecified atom stereocenters. The first-order valence-electron chi connectivity index (χ1n) is 10.3. The van der Waals surface area contributed by atoms with Gasteiger partial charge < -0.3 is 4.90 Å². The molecule has 154 valence electrons. The molecule has 2 aromatic rings. The summed E-state index contributed by atoms with van der Waals surface area (Å²) in [4.78, 5) is 14.8. The van der Waals surface area contributed by atoms with Gasteiger partial charge in [-0.25, -0.2) is 13.1 Å². The number of sulfonamides is 1. The molecule has 6 heteroatoms. The van der Waals surface area contributed by atoms with Gasteiger partial charge in [-0.05, 0) is 48.3 Å². The van der Waals surface area contributed by atoms with Gasteiger partial charge in [0.1, 0.15) is 0 Å². The highest BCUT2D eigenvalue weighted by Gasteiger charge is 2.39. The van der Waals surface area contributed by atoms with Crippen LogP contribution in [0.5, 0.6) is 0 Å². The van der Waals surface area contributed by atoms with E-state index in [9.17, 15) is 13.2 Å². The van der Waals surface area contributed by atoms with E-state index in [4.69, 9.17) is 0 Å². The highest BCUT2D eigenvalue weighted by molar-refractivity contribution is 7.88. The molecule has 29 heavy (non-hydrogen) atoms. The molecule has 2 aliphatic rings. The van der Waals surface area contributed by atoms with Crippen LogP contribution in [0.3, 0.4) is 0 Å². The van der Waals surface area contributed by atoms with E-state index in [2.05, 4.69) is 35.1 Å². The van der Waals surface area contributed by atoms with Crippen LogP contribution in [0, 0.1) is 5.92 Å². The van der Waals surface area contributed by atoms with Crippen LogP contribution in [0.15, 0.2) is 54.6 Å². The zero-order valence-corrected chi connectivity index (χ0v) is 17.6. The molecule has 2 aromatic carbocycles. The van der Waals surface area contributed by atoms with E-state index < -0.39 is 10.0 Å². The maximum Gasteiger partial charge on any atom is 0.223 e. The van der Waals surface area contributed by atoms with Gasteiger partial charge in [-0.15, -0.1) is 0 Å². The Morgan fingerprint density at radius 1 is 1.03 bits per heavy atom. The van der Waals surface area contributed by atoms with Gasteiger partial charge in [0.2, 0.25) is 15.9 Å². The van der Waals surface area contributed by atoms with Gasteiger partial charge in [-0.1, -0.05) is 54.6 Å². The smallest absolute Gasteiger partial charge is 0.223 e.